The van der Waals surface area contributed by atoms with Crippen LogP contribution in [0.15, 0.2) is 48.5 Å². The maximum atomic E-state index is 12.4. The molecule has 0 bridgehead atoms. The van der Waals surface area contributed by atoms with Gasteiger partial charge in [-0.2, -0.15) is 0 Å². The van der Waals surface area contributed by atoms with Crippen LogP contribution in [-0.2, 0) is 0 Å². The van der Waals surface area contributed by atoms with Gasteiger partial charge >= 0.3 is 0 Å². The molecule has 0 spiro atoms. The third-order valence-corrected chi connectivity index (χ3v) is 4.25. The van der Waals surface area contributed by atoms with Crippen molar-refractivity contribution in [1.29, 1.82) is 0 Å². The third-order valence-electron chi connectivity index (χ3n) is 4.25. The van der Waals surface area contributed by atoms with Crippen molar-refractivity contribution < 1.29 is 9.53 Å². The Morgan fingerprint density at radius 3 is 2.52 bits per heavy atom. The minimum Gasteiger partial charge on any atom is -0.494 e. The second-order valence-electron chi connectivity index (χ2n) is 6.41. The van der Waals surface area contributed by atoms with E-state index in [4.69, 9.17) is 4.74 Å². The Bertz CT molecular complexity index is 667. The molecule has 0 fully saturated rings. The van der Waals surface area contributed by atoms with E-state index in [2.05, 4.69) is 12.2 Å². The highest BCUT2D eigenvalue weighted by Gasteiger charge is 2.08. The number of amides is 1. The first-order valence-electron chi connectivity index (χ1n) is 9.30. The van der Waals surface area contributed by atoms with Crippen molar-refractivity contribution in [3.8, 4) is 5.75 Å². The molecular formula is C22H29NO2. The quantitative estimate of drug-likeness (QED) is 0.540. The van der Waals surface area contributed by atoms with Crippen LogP contribution in [0.2, 0.25) is 0 Å². The fourth-order valence-electron chi connectivity index (χ4n) is 2.76. The molecule has 0 aliphatic rings. The van der Waals surface area contributed by atoms with E-state index in [9.17, 15) is 4.79 Å². The number of rotatable bonds is 10. The monoisotopic (exact) mass is 339 g/mol. The van der Waals surface area contributed by atoms with Gasteiger partial charge in [0.15, 0.2) is 0 Å². The fourth-order valence-corrected chi connectivity index (χ4v) is 2.76. The third kappa shape index (κ3) is 6.61. The van der Waals surface area contributed by atoms with E-state index in [0.29, 0.717) is 5.56 Å². The summed E-state index contributed by atoms with van der Waals surface area (Å²) in [5.74, 6) is 0.710. The predicted molar refractivity (Wildman–Crippen MR) is 104 cm³/mol. The van der Waals surface area contributed by atoms with Gasteiger partial charge in [0, 0.05) is 17.3 Å². The lowest BCUT2D eigenvalue weighted by molar-refractivity contribution is 0.102. The van der Waals surface area contributed by atoms with Crippen LogP contribution in [0.25, 0.3) is 0 Å². The Balaban J connectivity index is 1.81. The summed E-state index contributed by atoms with van der Waals surface area (Å²) in [6.07, 6.45) is 7.48. The van der Waals surface area contributed by atoms with Crippen LogP contribution < -0.4 is 10.1 Å². The molecule has 0 aliphatic carbocycles. The minimum absolute atomic E-state index is 0.0915. The highest BCUT2D eigenvalue weighted by molar-refractivity contribution is 6.05. The second-order valence-corrected chi connectivity index (χ2v) is 6.41. The van der Waals surface area contributed by atoms with Gasteiger partial charge < -0.3 is 10.1 Å². The normalized spacial score (nSPS) is 10.5. The Morgan fingerprint density at radius 2 is 1.72 bits per heavy atom. The number of benzene rings is 2. The zero-order chi connectivity index (χ0) is 17.9. The summed E-state index contributed by atoms with van der Waals surface area (Å²) in [4.78, 5) is 12.4. The first kappa shape index (κ1) is 19.0. The van der Waals surface area contributed by atoms with Crippen LogP contribution in [0.3, 0.4) is 0 Å². The number of hydrogen-bond acceptors (Lipinski definition) is 2. The van der Waals surface area contributed by atoms with Gasteiger partial charge in [0.2, 0.25) is 0 Å². The molecule has 3 heteroatoms. The summed E-state index contributed by atoms with van der Waals surface area (Å²) in [6, 6.07) is 15.2. The van der Waals surface area contributed by atoms with Gasteiger partial charge in [0.05, 0.1) is 6.61 Å². The molecule has 0 unspecified atom stereocenters. The maximum Gasteiger partial charge on any atom is 0.255 e. The summed E-state index contributed by atoms with van der Waals surface area (Å²) in [7, 11) is 0. The standard InChI is InChI=1S/C22H29NO2/c1-3-4-5-6-7-10-16-25-20-14-11-13-19(17-20)23-22(24)21-15-9-8-12-18(21)2/h8-9,11-15,17H,3-7,10,16H2,1-2H3,(H,23,24). The van der Waals surface area contributed by atoms with E-state index in [1.54, 1.807) is 0 Å². The van der Waals surface area contributed by atoms with E-state index >= 15 is 0 Å². The number of carbonyl (C=O) groups excluding carboxylic acids is 1. The highest BCUT2D eigenvalue weighted by Crippen LogP contribution is 2.19. The Morgan fingerprint density at radius 1 is 0.960 bits per heavy atom. The Hall–Kier alpha value is -2.29. The zero-order valence-electron chi connectivity index (χ0n) is 15.4. The Kier molecular flexibility index (Phi) is 8.03. The number of anilines is 1. The van der Waals surface area contributed by atoms with Gasteiger partial charge in [-0.3, -0.25) is 4.79 Å². The van der Waals surface area contributed by atoms with Crippen LogP contribution in [0.5, 0.6) is 5.75 Å². The molecule has 25 heavy (non-hydrogen) atoms. The van der Waals surface area contributed by atoms with Crippen molar-refractivity contribution in [3.05, 3.63) is 59.7 Å². The number of ether oxygens (including phenoxy) is 1. The van der Waals surface area contributed by atoms with Crippen molar-refractivity contribution >= 4 is 11.6 Å². The molecule has 0 atom stereocenters. The van der Waals surface area contributed by atoms with Crippen molar-refractivity contribution in [2.45, 2.75) is 52.4 Å². The van der Waals surface area contributed by atoms with Crippen molar-refractivity contribution in [3.63, 3.8) is 0 Å². The number of aryl methyl sites for hydroxylation is 1. The van der Waals surface area contributed by atoms with Gasteiger partial charge in [-0.1, -0.05) is 63.3 Å². The van der Waals surface area contributed by atoms with Crippen LogP contribution in [0, 0.1) is 6.92 Å². The van der Waals surface area contributed by atoms with Gasteiger partial charge in [-0.25, -0.2) is 0 Å². The smallest absolute Gasteiger partial charge is 0.255 e. The molecule has 0 heterocycles. The molecule has 0 saturated heterocycles. The molecule has 0 aliphatic heterocycles. The molecule has 1 amide bonds. The summed E-state index contributed by atoms with van der Waals surface area (Å²) < 4.78 is 5.81. The SMILES string of the molecule is CCCCCCCCOc1cccc(NC(=O)c2ccccc2C)c1. The number of hydrogen-bond donors (Lipinski definition) is 1. The summed E-state index contributed by atoms with van der Waals surface area (Å²) in [6.45, 7) is 4.89. The van der Waals surface area contributed by atoms with E-state index in [1.807, 2.05) is 55.5 Å². The van der Waals surface area contributed by atoms with Crippen molar-refractivity contribution in [2.75, 3.05) is 11.9 Å². The number of carbonyl (C=O) groups is 1. The molecular weight excluding hydrogens is 310 g/mol. The average molecular weight is 339 g/mol. The van der Waals surface area contributed by atoms with Gasteiger partial charge in [-0.15, -0.1) is 0 Å². The molecule has 1 N–H and O–H groups in total. The van der Waals surface area contributed by atoms with Crippen LogP contribution in [0.1, 0.15) is 61.4 Å². The lowest BCUT2D eigenvalue weighted by Gasteiger charge is -2.10. The van der Waals surface area contributed by atoms with Crippen molar-refractivity contribution in [2.24, 2.45) is 0 Å². The lowest BCUT2D eigenvalue weighted by Crippen LogP contribution is -2.13. The average Bonchev–Trinajstić information content (AvgIpc) is 2.61. The zero-order valence-corrected chi connectivity index (χ0v) is 15.4. The molecule has 134 valence electrons. The highest BCUT2D eigenvalue weighted by atomic mass is 16.5. The number of unbranched alkanes of at least 4 members (excludes halogenated alkanes) is 5. The summed E-state index contributed by atoms with van der Waals surface area (Å²) in [5.41, 5.74) is 2.42. The van der Waals surface area contributed by atoms with E-state index < -0.39 is 0 Å². The summed E-state index contributed by atoms with van der Waals surface area (Å²) in [5, 5.41) is 2.95. The molecule has 2 aromatic carbocycles. The van der Waals surface area contributed by atoms with Crippen molar-refractivity contribution in [1.82, 2.24) is 0 Å². The van der Waals surface area contributed by atoms with Crippen LogP contribution in [0.4, 0.5) is 5.69 Å². The fraction of sp³-hybridized carbons (Fsp3) is 0.409. The molecule has 3 nitrogen and oxygen atoms in total. The molecule has 0 aromatic heterocycles. The molecule has 0 radical (unpaired) electrons. The number of nitrogens with one attached hydrogen (secondary N) is 1. The molecule has 2 rings (SSSR count). The van der Waals surface area contributed by atoms with Gasteiger partial charge in [0.25, 0.3) is 5.91 Å². The largest absolute Gasteiger partial charge is 0.494 e. The first-order chi connectivity index (χ1) is 12.2. The van der Waals surface area contributed by atoms with Crippen LogP contribution >= 0.6 is 0 Å². The van der Waals surface area contributed by atoms with Gasteiger partial charge in [-0.05, 0) is 37.1 Å². The molecule has 0 saturated carbocycles. The second kappa shape index (κ2) is 10.5. The first-order valence-corrected chi connectivity index (χ1v) is 9.30. The summed E-state index contributed by atoms with van der Waals surface area (Å²) >= 11 is 0. The maximum absolute atomic E-state index is 12.4. The van der Waals surface area contributed by atoms with E-state index in [1.165, 1.54) is 32.1 Å². The lowest BCUT2D eigenvalue weighted by atomic mass is 10.1. The predicted octanol–water partition coefficient (Wildman–Crippen LogP) is 5.99. The van der Waals surface area contributed by atoms with Crippen LogP contribution in [-0.4, -0.2) is 12.5 Å². The van der Waals surface area contributed by atoms with E-state index in [-0.39, 0.29) is 5.91 Å². The van der Waals surface area contributed by atoms with Gasteiger partial charge in [0.1, 0.15) is 5.75 Å². The molecule has 2 aromatic rings. The van der Waals surface area contributed by atoms with E-state index in [0.717, 1.165) is 30.0 Å². The minimum atomic E-state index is -0.0915. The Labute approximate surface area is 151 Å². The topological polar surface area (TPSA) is 38.3 Å².